The molecule has 1 N–H and O–H groups in total. The highest BCUT2D eigenvalue weighted by atomic mass is 79.9. The zero-order chi connectivity index (χ0) is 16.8. The Bertz CT molecular complexity index is 686. The standard InChI is InChI=1S/C17H15BrClNO3/c1-23-16(21)10-15(11-2-6-13(18)7-3-11)20-17(22)12-4-8-14(19)9-5-12/h2-9,15H,10H2,1H3,(H,20,22). The number of carbonyl (C=O) groups is 2. The number of hydrogen-bond acceptors (Lipinski definition) is 3. The van der Waals surface area contributed by atoms with Gasteiger partial charge in [-0.1, -0.05) is 39.7 Å². The van der Waals surface area contributed by atoms with Crippen molar-refractivity contribution in [3.8, 4) is 0 Å². The molecule has 1 unspecified atom stereocenters. The van der Waals surface area contributed by atoms with Crippen molar-refractivity contribution in [3.05, 3.63) is 69.2 Å². The molecule has 4 nitrogen and oxygen atoms in total. The number of methoxy groups -OCH3 is 1. The SMILES string of the molecule is COC(=O)CC(NC(=O)c1ccc(Cl)cc1)c1ccc(Br)cc1. The Labute approximate surface area is 147 Å². The van der Waals surface area contributed by atoms with Crippen molar-refractivity contribution < 1.29 is 14.3 Å². The van der Waals surface area contributed by atoms with E-state index < -0.39 is 12.0 Å². The maximum atomic E-state index is 12.4. The zero-order valence-corrected chi connectivity index (χ0v) is 14.7. The van der Waals surface area contributed by atoms with Gasteiger partial charge in [0.05, 0.1) is 19.6 Å². The molecule has 0 bridgehead atoms. The van der Waals surface area contributed by atoms with Gasteiger partial charge in [0.15, 0.2) is 0 Å². The summed E-state index contributed by atoms with van der Waals surface area (Å²) in [4.78, 5) is 24.0. The van der Waals surface area contributed by atoms with Crippen molar-refractivity contribution in [1.82, 2.24) is 5.32 Å². The second-order valence-corrected chi connectivity index (χ2v) is 6.22. The Balaban J connectivity index is 2.19. The van der Waals surface area contributed by atoms with Crippen molar-refractivity contribution in [2.75, 3.05) is 7.11 Å². The van der Waals surface area contributed by atoms with Crippen molar-refractivity contribution in [2.24, 2.45) is 0 Å². The molecule has 0 aliphatic rings. The van der Waals surface area contributed by atoms with E-state index >= 15 is 0 Å². The summed E-state index contributed by atoms with van der Waals surface area (Å²) in [6.45, 7) is 0. The van der Waals surface area contributed by atoms with Gasteiger partial charge in [-0.15, -0.1) is 0 Å². The molecule has 120 valence electrons. The van der Waals surface area contributed by atoms with E-state index in [1.54, 1.807) is 24.3 Å². The van der Waals surface area contributed by atoms with Crippen LogP contribution < -0.4 is 5.32 Å². The number of rotatable bonds is 5. The number of halogens is 2. The average Bonchev–Trinajstić information content (AvgIpc) is 2.55. The third kappa shape index (κ3) is 5.08. The van der Waals surface area contributed by atoms with Gasteiger partial charge in [0, 0.05) is 15.1 Å². The normalized spacial score (nSPS) is 11.6. The van der Waals surface area contributed by atoms with Crippen molar-refractivity contribution in [2.45, 2.75) is 12.5 Å². The summed E-state index contributed by atoms with van der Waals surface area (Å²) < 4.78 is 5.63. The van der Waals surface area contributed by atoms with Gasteiger partial charge in [0.1, 0.15) is 0 Å². The predicted molar refractivity (Wildman–Crippen MR) is 92.4 cm³/mol. The first-order valence-corrected chi connectivity index (χ1v) is 8.05. The van der Waals surface area contributed by atoms with Crippen LogP contribution in [0, 0.1) is 0 Å². The van der Waals surface area contributed by atoms with Crippen LogP contribution in [0.4, 0.5) is 0 Å². The number of benzene rings is 2. The molecule has 0 heterocycles. The average molecular weight is 397 g/mol. The molecule has 2 rings (SSSR count). The molecule has 0 saturated carbocycles. The lowest BCUT2D eigenvalue weighted by molar-refractivity contribution is -0.141. The Hall–Kier alpha value is -1.85. The first-order valence-electron chi connectivity index (χ1n) is 6.88. The molecule has 23 heavy (non-hydrogen) atoms. The molecular weight excluding hydrogens is 382 g/mol. The van der Waals surface area contributed by atoms with E-state index in [0.29, 0.717) is 10.6 Å². The summed E-state index contributed by atoms with van der Waals surface area (Å²) in [5.74, 6) is -0.673. The summed E-state index contributed by atoms with van der Waals surface area (Å²) in [5, 5.41) is 3.41. The molecule has 0 radical (unpaired) electrons. The van der Waals surface area contributed by atoms with E-state index in [1.807, 2.05) is 24.3 Å². The van der Waals surface area contributed by atoms with E-state index in [1.165, 1.54) is 7.11 Å². The van der Waals surface area contributed by atoms with Gasteiger partial charge in [-0.05, 0) is 42.0 Å². The number of nitrogens with one attached hydrogen (secondary N) is 1. The highest BCUT2D eigenvalue weighted by Crippen LogP contribution is 2.21. The minimum Gasteiger partial charge on any atom is -0.469 e. The molecule has 6 heteroatoms. The van der Waals surface area contributed by atoms with Crippen LogP contribution in [0.1, 0.15) is 28.4 Å². The molecule has 0 spiro atoms. The number of carbonyl (C=O) groups excluding carboxylic acids is 2. The Kier molecular flexibility index (Phi) is 6.19. The van der Waals surface area contributed by atoms with E-state index in [-0.39, 0.29) is 12.3 Å². The second kappa shape index (κ2) is 8.13. The fraction of sp³-hybridized carbons (Fsp3) is 0.176. The van der Waals surface area contributed by atoms with Crippen LogP contribution in [0.3, 0.4) is 0 Å². The highest BCUT2D eigenvalue weighted by Gasteiger charge is 2.19. The van der Waals surface area contributed by atoms with E-state index in [2.05, 4.69) is 21.2 Å². The lowest BCUT2D eigenvalue weighted by Gasteiger charge is -2.18. The quantitative estimate of drug-likeness (QED) is 0.773. The molecule has 0 fully saturated rings. The summed E-state index contributed by atoms with van der Waals surface area (Å²) in [6.07, 6.45) is 0.0530. The molecule has 1 amide bonds. The third-order valence-corrected chi connectivity index (χ3v) is 4.06. The molecular formula is C17H15BrClNO3. The van der Waals surface area contributed by atoms with E-state index in [0.717, 1.165) is 10.0 Å². The zero-order valence-electron chi connectivity index (χ0n) is 12.4. The largest absolute Gasteiger partial charge is 0.469 e. The number of esters is 1. The Morgan fingerprint density at radius 2 is 1.74 bits per heavy atom. The fourth-order valence-electron chi connectivity index (χ4n) is 2.04. The third-order valence-electron chi connectivity index (χ3n) is 3.28. The Morgan fingerprint density at radius 1 is 1.13 bits per heavy atom. The first kappa shape index (κ1) is 17.5. The first-order chi connectivity index (χ1) is 11.0. The number of hydrogen-bond donors (Lipinski definition) is 1. The van der Waals surface area contributed by atoms with Crippen LogP contribution in [-0.4, -0.2) is 19.0 Å². The van der Waals surface area contributed by atoms with Gasteiger partial charge >= 0.3 is 5.97 Å². The number of ether oxygens (including phenoxy) is 1. The lowest BCUT2D eigenvalue weighted by Crippen LogP contribution is -2.30. The molecule has 2 aromatic rings. The van der Waals surface area contributed by atoms with Crippen LogP contribution in [-0.2, 0) is 9.53 Å². The van der Waals surface area contributed by atoms with Gasteiger partial charge < -0.3 is 10.1 Å². The van der Waals surface area contributed by atoms with Crippen LogP contribution in [0.2, 0.25) is 5.02 Å². The van der Waals surface area contributed by atoms with Gasteiger partial charge in [0.2, 0.25) is 0 Å². The van der Waals surface area contributed by atoms with E-state index in [9.17, 15) is 9.59 Å². The summed E-state index contributed by atoms with van der Waals surface area (Å²) in [5.41, 5.74) is 1.29. The molecule has 0 aliphatic heterocycles. The van der Waals surface area contributed by atoms with Crippen LogP contribution in [0.25, 0.3) is 0 Å². The van der Waals surface area contributed by atoms with Gasteiger partial charge in [0.25, 0.3) is 5.91 Å². The Morgan fingerprint density at radius 3 is 2.30 bits per heavy atom. The molecule has 0 saturated heterocycles. The van der Waals surface area contributed by atoms with Crippen LogP contribution >= 0.6 is 27.5 Å². The predicted octanol–water partition coefficient (Wildman–Crippen LogP) is 4.14. The molecule has 0 aliphatic carbocycles. The molecule has 2 aromatic carbocycles. The minimum atomic E-state index is -0.473. The molecule has 0 aromatic heterocycles. The van der Waals surface area contributed by atoms with E-state index in [4.69, 9.17) is 16.3 Å². The topological polar surface area (TPSA) is 55.4 Å². The monoisotopic (exact) mass is 395 g/mol. The maximum Gasteiger partial charge on any atom is 0.307 e. The van der Waals surface area contributed by atoms with Crippen LogP contribution in [0.15, 0.2) is 53.0 Å². The molecule has 1 atom stereocenters. The van der Waals surface area contributed by atoms with Crippen molar-refractivity contribution in [1.29, 1.82) is 0 Å². The van der Waals surface area contributed by atoms with Crippen molar-refractivity contribution >= 4 is 39.4 Å². The van der Waals surface area contributed by atoms with Gasteiger partial charge in [-0.2, -0.15) is 0 Å². The maximum absolute atomic E-state index is 12.4. The van der Waals surface area contributed by atoms with Crippen LogP contribution in [0.5, 0.6) is 0 Å². The van der Waals surface area contributed by atoms with Gasteiger partial charge in [-0.25, -0.2) is 0 Å². The second-order valence-electron chi connectivity index (χ2n) is 4.86. The minimum absolute atomic E-state index is 0.0530. The lowest BCUT2D eigenvalue weighted by atomic mass is 10.0. The summed E-state index contributed by atoms with van der Waals surface area (Å²) in [7, 11) is 1.32. The van der Waals surface area contributed by atoms with Crippen molar-refractivity contribution in [3.63, 3.8) is 0 Å². The van der Waals surface area contributed by atoms with Gasteiger partial charge in [-0.3, -0.25) is 9.59 Å². The summed E-state index contributed by atoms with van der Waals surface area (Å²) >= 11 is 9.19. The smallest absolute Gasteiger partial charge is 0.307 e. The highest BCUT2D eigenvalue weighted by molar-refractivity contribution is 9.10. The fourth-order valence-corrected chi connectivity index (χ4v) is 2.43. The number of amides is 1. The summed E-state index contributed by atoms with van der Waals surface area (Å²) in [6, 6.07) is 13.5.